The van der Waals surface area contributed by atoms with Crippen molar-refractivity contribution in [3.05, 3.63) is 59.7 Å². The van der Waals surface area contributed by atoms with E-state index in [2.05, 4.69) is 6.92 Å². The summed E-state index contributed by atoms with van der Waals surface area (Å²) in [5.74, 6) is -0.998. The highest BCUT2D eigenvalue weighted by molar-refractivity contribution is 7.86. The SMILES string of the molecule is CC12C=CC(=O)C=C1CC[C@@H]1C2[C@@H](O)C[C@@]2(C)C1C[C@@H](CN(O)Cc1ccccc1)[C@@H]2C(=O)COS(C)(=O)=O. The molecule has 212 valence electrons. The van der Waals surface area contributed by atoms with Gasteiger partial charge in [-0.3, -0.25) is 13.8 Å². The van der Waals surface area contributed by atoms with E-state index in [1.165, 1.54) is 5.06 Å². The fourth-order valence-corrected chi connectivity index (χ4v) is 9.03. The maximum atomic E-state index is 13.7. The number of hydrogen-bond donors (Lipinski definition) is 2. The summed E-state index contributed by atoms with van der Waals surface area (Å²) in [6.07, 6.45) is 8.15. The minimum Gasteiger partial charge on any atom is -0.393 e. The maximum absolute atomic E-state index is 13.7. The Kier molecular flexibility index (Phi) is 7.52. The Morgan fingerprint density at radius 3 is 2.62 bits per heavy atom. The quantitative estimate of drug-likeness (QED) is 0.368. The molecule has 8 atom stereocenters. The molecule has 4 aliphatic rings. The zero-order chi connectivity index (χ0) is 28.2. The van der Waals surface area contributed by atoms with Crippen LogP contribution in [0.1, 0.15) is 45.1 Å². The van der Waals surface area contributed by atoms with Crippen molar-refractivity contribution in [1.29, 1.82) is 0 Å². The topological polar surface area (TPSA) is 121 Å². The zero-order valence-electron chi connectivity index (χ0n) is 22.8. The third kappa shape index (κ3) is 5.32. The summed E-state index contributed by atoms with van der Waals surface area (Å²) in [5.41, 5.74) is 0.999. The highest BCUT2D eigenvalue weighted by atomic mass is 32.2. The first-order valence-electron chi connectivity index (χ1n) is 13.8. The molecule has 1 aromatic rings. The van der Waals surface area contributed by atoms with E-state index < -0.39 is 39.6 Å². The lowest BCUT2D eigenvalue weighted by Gasteiger charge is -2.58. The number of ketones is 2. The molecule has 0 spiro atoms. The van der Waals surface area contributed by atoms with Crippen molar-refractivity contribution >= 4 is 21.7 Å². The number of allylic oxidation sites excluding steroid dienone is 4. The summed E-state index contributed by atoms with van der Waals surface area (Å²) < 4.78 is 28.4. The van der Waals surface area contributed by atoms with Gasteiger partial charge >= 0.3 is 0 Å². The van der Waals surface area contributed by atoms with E-state index in [9.17, 15) is 28.3 Å². The van der Waals surface area contributed by atoms with E-state index in [0.29, 0.717) is 19.4 Å². The van der Waals surface area contributed by atoms with E-state index in [0.717, 1.165) is 30.2 Å². The van der Waals surface area contributed by atoms with Gasteiger partial charge in [-0.1, -0.05) is 55.8 Å². The van der Waals surface area contributed by atoms with Crippen LogP contribution in [-0.2, 0) is 30.4 Å². The molecular weight excluding hydrogens is 518 g/mol. The largest absolute Gasteiger partial charge is 0.393 e. The molecule has 3 unspecified atom stereocenters. The van der Waals surface area contributed by atoms with Crippen LogP contribution in [0.15, 0.2) is 54.1 Å². The van der Waals surface area contributed by atoms with Crippen LogP contribution >= 0.6 is 0 Å². The molecule has 0 saturated heterocycles. The minimum absolute atomic E-state index is 0.0185. The number of aliphatic hydroxyl groups is 1. The van der Waals surface area contributed by atoms with Gasteiger partial charge in [0.05, 0.1) is 12.4 Å². The van der Waals surface area contributed by atoms with Gasteiger partial charge in [-0.25, -0.2) is 0 Å². The molecule has 0 amide bonds. The molecule has 39 heavy (non-hydrogen) atoms. The van der Waals surface area contributed by atoms with E-state index >= 15 is 0 Å². The van der Waals surface area contributed by atoms with Crippen molar-refractivity contribution in [1.82, 2.24) is 5.06 Å². The molecule has 1 aromatic carbocycles. The first-order chi connectivity index (χ1) is 18.3. The fourth-order valence-electron chi connectivity index (χ4n) is 8.70. The number of benzene rings is 1. The standard InChI is InChI=1S/C30H39NO7S/c1-29-12-11-22(32)14-21(29)9-10-23-24-13-20(17-31(35)16-19-7-5-4-6-8-19)27(26(34)18-38-39(3,36)37)30(24,2)15-25(33)28(23)29/h4-8,11-12,14,20,23-25,27-28,33,35H,9-10,13,15-18H2,1-3H3/t20-,23-,24?,25-,27+,28?,29?,30-/m0/s1. The van der Waals surface area contributed by atoms with Crippen LogP contribution < -0.4 is 0 Å². The normalized spacial score (nSPS) is 37.7. The van der Waals surface area contributed by atoms with Gasteiger partial charge in [-0.15, -0.1) is 0 Å². The average molecular weight is 558 g/mol. The summed E-state index contributed by atoms with van der Waals surface area (Å²) >= 11 is 0. The third-order valence-electron chi connectivity index (χ3n) is 10.1. The number of carbonyl (C=O) groups excluding carboxylic acids is 2. The van der Waals surface area contributed by atoms with Crippen LogP contribution in [-0.4, -0.2) is 60.9 Å². The third-order valence-corrected chi connectivity index (χ3v) is 10.6. The first-order valence-corrected chi connectivity index (χ1v) is 15.6. The molecule has 0 radical (unpaired) electrons. The fraction of sp³-hybridized carbons (Fsp3) is 0.600. The monoisotopic (exact) mass is 557 g/mol. The molecule has 3 saturated carbocycles. The Labute approximate surface area is 230 Å². The van der Waals surface area contributed by atoms with Gasteiger partial charge in [-0.2, -0.15) is 13.5 Å². The minimum atomic E-state index is -3.81. The second kappa shape index (κ2) is 10.3. The number of nitrogens with zero attached hydrogens (tertiary/aromatic N) is 1. The van der Waals surface area contributed by atoms with Crippen LogP contribution in [0.4, 0.5) is 0 Å². The Balaban J connectivity index is 1.45. The maximum Gasteiger partial charge on any atom is 0.264 e. The molecule has 0 aromatic heterocycles. The highest BCUT2D eigenvalue weighted by Gasteiger charge is 2.65. The van der Waals surface area contributed by atoms with Crippen molar-refractivity contribution in [3.63, 3.8) is 0 Å². The second-order valence-corrected chi connectivity index (χ2v) is 14.2. The summed E-state index contributed by atoms with van der Waals surface area (Å²) in [6.45, 7) is 4.16. The van der Waals surface area contributed by atoms with Crippen molar-refractivity contribution in [2.24, 2.45) is 40.4 Å². The van der Waals surface area contributed by atoms with Crippen LogP contribution in [0.2, 0.25) is 0 Å². The van der Waals surface area contributed by atoms with Crippen LogP contribution in [0.3, 0.4) is 0 Å². The predicted octanol–water partition coefficient (Wildman–Crippen LogP) is 3.54. The van der Waals surface area contributed by atoms with Crippen molar-refractivity contribution < 1.29 is 32.5 Å². The summed E-state index contributed by atoms with van der Waals surface area (Å²) in [6, 6.07) is 9.58. The molecule has 0 aliphatic heterocycles. The smallest absolute Gasteiger partial charge is 0.264 e. The van der Waals surface area contributed by atoms with Crippen molar-refractivity contribution in [2.45, 2.75) is 52.2 Å². The van der Waals surface area contributed by atoms with Crippen LogP contribution in [0.25, 0.3) is 0 Å². The number of fused-ring (bicyclic) bond motifs is 5. The second-order valence-electron chi connectivity index (χ2n) is 12.5. The average Bonchev–Trinajstić information content (AvgIpc) is 3.14. The summed E-state index contributed by atoms with van der Waals surface area (Å²) in [5, 5.41) is 23.8. The Morgan fingerprint density at radius 1 is 1.21 bits per heavy atom. The van der Waals surface area contributed by atoms with Crippen LogP contribution in [0, 0.1) is 40.4 Å². The zero-order valence-corrected chi connectivity index (χ0v) is 23.6. The Bertz CT molecular complexity index is 1290. The van der Waals surface area contributed by atoms with Gasteiger partial charge in [-0.05, 0) is 66.6 Å². The first kappa shape index (κ1) is 28.4. The molecular formula is C30H39NO7S. The molecule has 9 heteroatoms. The number of hydrogen-bond acceptors (Lipinski definition) is 8. The Hall–Kier alpha value is -2.17. The van der Waals surface area contributed by atoms with Crippen LogP contribution in [0.5, 0.6) is 0 Å². The lowest BCUT2D eigenvalue weighted by molar-refractivity contribution is -0.145. The van der Waals surface area contributed by atoms with Gasteiger partial charge in [0, 0.05) is 30.3 Å². The van der Waals surface area contributed by atoms with Gasteiger partial charge in [0.15, 0.2) is 11.6 Å². The van der Waals surface area contributed by atoms with Crippen molar-refractivity contribution in [3.8, 4) is 0 Å². The van der Waals surface area contributed by atoms with Crippen molar-refractivity contribution in [2.75, 3.05) is 19.4 Å². The molecule has 8 nitrogen and oxygen atoms in total. The molecule has 4 aliphatic carbocycles. The van der Waals surface area contributed by atoms with Gasteiger partial charge in [0.1, 0.15) is 6.61 Å². The Morgan fingerprint density at radius 2 is 1.92 bits per heavy atom. The highest BCUT2D eigenvalue weighted by Crippen LogP contribution is 2.67. The molecule has 0 heterocycles. The van der Waals surface area contributed by atoms with E-state index in [1.807, 2.05) is 43.3 Å². The summed E-state index contributed by atoms with van der Waals surface area (Å²) in [4.78, 5) is 25.8. The molecule has 5 rings (SSSR count). The number of Topliss-reactive ketones (excluding diaryl/α,β-unsaturated/α-hetero) is 1. The summed E-state index contributed by atoms with van der Waals surface area (Å²) in [7, 11) is -3.81. The number of rotatable bonds is 8. The lowest BCUT2D eigenvalue weighted by atomic mass is 9.46. The van der Waals surface area contributed by atoms with E-state index in [-0.39, 0.29) is 41.8 Å². The predicted molar refractivity (Wildman–Crippen MR) is 145 cm³/mol. The molecule has 2 N–H and O–H groups in total. The lowest BCUT2D eigenvalue weighted by Crippen LogP contribution is -2.56. The van der Waals surface area contributed by atoms with E-state index in [1.54, 1.807) is 12.2 Å². The number of aliphatic hydroxyl groups excluding tert-OH is 1. The van der Waals surface area contributed by atoms with Gasteiger partial charge in [0.2, 0.25) is 0 Å². The number of hydroxylamine groups is 2. The molecule has 3 fully saturated rings. The number of carbonyl (C=O) groups is 2. The van der Waals surface area contributed by atoms with Gasteiger partial charge < -0.3 is 10.3 Å². The van der Waals surface area contributed by atoms with Gasteiger partial charge in [0.25, 0.3) is 10.1 Å². The van der Waals surface area contributed by atoms with E-state index in [4.69, 9.17) is 4.18 Å². The molecule has 0 bridgehead atoms.